The van der Waals surface area contributed by atoms with E-state index in [2.05, 4.69) is 10.3 Å². The van der Waals surface area contributed by atoms with Gasteiger partial charge in [-0.15, -0.1) is 0 Å². The SMILES string of the molecule is CN=C(N)NCCCOCC1CCCO1. The fourth-order valence-electron chi connectivity index (χ4n) is 1.46. The van der Waals surface area contributed by atoms with Crippen molar-refractivity contribution in [2.75, 3.05) is 33.4 Å². The van der Waals surface area contributed by atoms with Gasteiger partial charge in [0, 0.05) is 26.8 Å². The van der Waals surface area contributed by atoms with Crippen LogP contribution in [-0.4, -0.2) is 45.5 Å². The molecule has 1 unspecified atom stereocenters. The second-order valence-electron chi connectivity index (χ2n) is 3.60. The Morgan fingerprint density at radius 1 is 1.67 bits per heavy atom. The molecule has 0 saturated carbocycles. The van der Waals surface area contributed by atoms with Crippen LogP contribution in [0.2, 0.25) is 0 Å². The Kier molecular flexibility index (Phi) is 6.11. The van der Waals surface area contributed by atoms with Gasteiger partial charge in [-0.2, -0.15) is 0 Å². The van der Waals surface area contributed by atoms with Gasteiger partial charge < -0.3 is 20.5 Å². The van der Waals surface area contributed by atoms with E-state index in [0.29, 0.717) is 12.1 Å². The predicted molar refractivity (Wildman–Crippen MR) is 60.0 cm³/mol. The van der Waals surface area contributed by atoms with E-state index in [1.807, 2.05) is 0 Å². The lowest BCUT2D eigenvalue weighted by atomic mass is 10.2. The van der Waals surface area contributed by atoms with Crippen LogP contribution in [0.25, 0.3) is 0 Å². The molecule has 1 aliphatic heterocycles. The first-order valence-electron chi connectivity index (χ1n) is 5.48. The molecular weight excluding hydrogens is 194 g/mol. The number of nitrogens with two attached hydrogens (primary N) is 1. The fraction of sp³-hybridized carbons (Fsp3) is 0.900. The van der Waals surface area contributed by atoms with Crippen LogP contribution in [0.5, 0.6) is 0 Å². The average Bonchev–Trinajstić information content (AvgIpc) is 2.75. The van der Waals surface area contributed by atoms with Gasteiger partial charge in [-0.05, 0) is 19.3 Å². The molecule has 1 atom stereocenters. The molecule has 1 heterocycles. The molecule has 0 aliphatic carbocycles. The zero-order chi connectivity index (χ0) is 10.9. The molecular formula is C10H21N3O2. The lowest BCUT2D eigenvalue weighted by molar-refractivity contribution is 0.0168. The second kappa shape index (κ2) is 7.48. The first-order valence-corrected chi connectivity index (χ1v) is 5.48. The van der Waals surface area contributed by atoms with Crippen LogP contribution in [0.1, 0.15) is 19.3 Å². The van der Waals surface area contributed by atoms with Crippen molar-refractivity contribution in [2.24, 2.45) is 10.7 Å². The quantitative estimate of drug-likeness (QED) is 0.375. The number of hydrogen-bond donors (Lipinski definition) is 2. The van der Waals surface area contributed by atoms with Crippen LogP contribution in [0.15, 0.2) is 4.99 Å². The summed E-state index contributed by atoms with van der Waals surface area (Å²) in [5.74, 6) is 0.481. The molecule has 1 saturated heterocycles. The van der Waals surface area contributed by atoms with Gasteiger partial charge in [-0.25, -0.2) is 0 Å². The van der Waals surface area contributed by atoms with Gasteiger partial charge in [-0.1, -0.05) is 0 Å². The summed E-state index contributed by atoms with van der Waals surface area (Å²) in [6.45, 7) is 3.15. The standard InChI is InChI=1S/C10H21N3O2/c1-12-10(11)13-5-3-6-14-8-9-4-2-7-15-9/h9H,2-8H2,1H3,(H3,11,12,13). The molecule has 0 aromatic rings. The maximum Gasteiger partial charge on any atom is 0.188 e. The van der Waals surface area contributed by atoms with E-state index in [4.69, 9.17) is 15.2 Å². The molecule has 0 spiro atoms. The van der Waals surface area contributed by atoms with Gasteiger partial charge in [0.2, 0.25) is 0 Å². The molecule has 5 nitrogen and oxygen atoms in total. The molecule has 5 heteroatoms. The maximum atomic E-state index is 5.49. The van der Waals surface area contributed by atoms with Crippen molar-refractivity contribution in [2.45, 2.75) is 25.4 Å². The molecule has 0 aromatic heterocycles. The van der Waals surface area contributed by atoms with Crippen molar-refractivity contribution >= 4 is 5.96 Å². The Labute approximate surface area is 91.0 Å². The number of aliphatic imine (C=N–C) groups is 1. The van der Waals surface area contributed by atoms with Gasteiger partial charge in [0.05, 0.1) is 12.7 Å². The van der Waals surface area contributed by atoms with E-state index in [-0.39, 0.29) is 0 Å². The second-order valence-corrected chi connectivity index (χ2v) is 3.60. The zero-order valence-corrected chi connectivity index (χ0v) is 9.37. The minimum Gasteiger partial charge on any atom is -0.379 e. The summed E-state index contributed by atoms with van der Waals surface area (Å²) in [4.78, 5) is 3.79. The minimum absolute atomic E-state index is 0.320. The summed E-state index contributed by atoms with van der Waals surface area (Å²) >= 11 is 0. The van der Waals surface area contributed by atoms with E-state index in [0.717, 1.165) is 39.2 Å². The Balaban J connectivity index is 1.84. The Hall–Kier alpha value is -0.810. The van der Waals surface area contributed by atoms with Crippen molar-refractivity contribution in [1.82, 2.24) is 5.32 Å². The van der Waals surface area contributed by atoms with E-state index in [1.54, 1.807) is 7.05 Å². The van der Waals surface area contributed by atoms with Gasteiger partial charge in [-0.3, -0.25) is 4.99 Å². The number of nitrogens with one attached hydrogen (secondary N) is 1. The minimum atomic E-state index is 0.320. The Bertz CT molecular complexity index is 191. The van der Waals surface area contributed by atoms with Crippen LogP contribution in [0.3, 0.4) is 0 Å². The summed E-state index contributed by atoms with van der Waals surface area (Å²) in [6.07, 6.45) is 3.55. The third kappa shape index (κ3) is 5.59. The van der Waals surface area contributed by atoms with Gasteiger partial charge >= 0.3 is 0 Å². The summed E-state index contributed by atoms with van der Waals surface area (Å²) < 4.78 is 10.9. The average molecular weight is 215 g/mol. The lowest BCUT2D eigenvalue weighted by Crippen LogP contribution is -2.32. The van der Waals surface area contributed by atoms with Crippen molar-refractivity contribution < 1.29 is 9.47 Å². The monoisotopic (exact) mass is 215 g/mol. The molecule has 1 aliphatic rings. The highest BCUT2D eigenvalue weighted by Gasteiger charge is 2.14. The van der Waals surface area contributed by atoms with Gasteiger partial charge in [0.15, 0.2) is 5.96 Å². The van der Waals surface area contributed by atoms with Crippen molar-refractivity contribution in [3.8, 4) is 0 Å². The van der Waals surface area contributed by atoms with Crippen molar-refractivity contribution in [3.05, 3.63) is 0 Å². The topological polar surface area (TPSA) is 68.9 Å². The highest BCUT2D eigenvalue weighted by Crippen LogP contribution is 2.11. The van der Waals surface area contributed by atoms with Crippen molar-refractivity contribution in [3.63, 3.8) is 0 Å². The molecule has 3 N–H and O–H groups in total. The van der Waals surface area contributed by atoms with Gasteiger partial charge in [0.1, 0.15) is 0 Å². The summed E-state index contributed by atoms with van der Waals surface area (Å²) in [5.41, 5.74) is 5.47. The first-order chi connectivity index (χ1) is 7.33. The number of nitrogens with zero attached hydrogens (tertiary/aromatic N) is 1. The summed E-state index contributed by atoms with van der Waals surface area (Å²) in [5, 5.41) is 2.98. The molecule has 88 valence electrons. The molecule has 1 rings (SSSR count). The smallest absolute Gasteiger partial charge is 0.188 e. The predicted octanol–water partition coefficient (Wildman–Crippen LogP) is 0.106. The molecule has 0 bridgehead atoms. The fourth-order valence-corrected chi connectivity index (χ4v) is 1.46. The number of guanidine groups is 1. The largest absolute Gasteiger partial charge is 0.379 e. The number of hydrogen-bond acceptors (Lipinski definition) is 3. The van der Waals surface area contributed by atoms with Crippen LogP contribution >= 0.6 is 0 Å². The summed E-state index contributed by atoms with van der Waals surface area (Å²) in [7, 11) is 1.66. The first kappa shape index (κ1) is 12.3. The Morgan fingerprint density at radius 3 is 3.20 bits per heavy atom. The molecule has 0 radical (unpaired) electrons. The van der Waals surface area contributed by atoms with Crippen LogP contribution in [0.4, 0.5) is 0 Å². The Morgan fingerprint density at radius 2 is 2.53 bits per heavy atom. The highest BCUT2D eigenvalue weighted by molar-refractivity contribution is 5.77. The van der Waals surface area contributed by atoms with E-state index < -0.39 is 0 Å². The van der Waals surface area contributed by atoms with E-state index in [9.17, 15) is 0 Å². The van der Waals surface area contributed by atoms with Crippen LogP contribution in [0, 0.1) is 0 Å². The third-order valence-electron chi connectivity index (χ3n) is 2.34. The third-order valence-corrected chi connectivity index (χ3v) is 2.34. The zero-order valence-electron chi connectivity index (χ0n) is 9.37. The number of ether oxygens (including phenoxy) is 2. The molecule has 1 fully saturated rings. The molecule has 0 aromatic carbocycles. The normalized spacial score (nSPS) is 21.9. The van der Waals surface area contributed by atoms with Gasteiger partial charge in [0.25, 0.3) is 0 Å². The van der Waals surface area contributed by atoms with Crippen LogP contribution in [-0.2, 0) is 9.47 Å². The number of rotatable bonds is 6. The lowest BCUT2D eigenvalue weighted by Gasteiger charge is -2.10. The van der Waals surface area contributed by atoms with E-state index >= 15 is 0 Å². The summed E-state index contributed by atoms with van der Waals surface area (Å²) in [6, 6.07) is 0. The molecule has 0 amide bonds. The van der Waals surface area contributed by atoms with Crippen LogP contribution < -0.4 is 11.1 Å². The van der Waals surface area contributed by atoms with Crippen molar-refractivity contribution in [1.29, 1.82) is 0 Å². The highest BCUT2D eigenvalue weighted by atomic mass is 16.5. The van der Waals surface area contributed by atoms with E-state index in [1.165, 1.54) is 6.42 Å². The maximum absolute atomic E-state index is 5.49. The molecule has 15 heavy (non-hydrogen) atoms.